The zero-order valence-electron chi connectivity index (χ0n) is 15.5. The number of rotatable bonds is 7. The van der Waals surface area contributed by atoms with Gasteiger partial charge in [0.05, 0.1) is 6.54 Å². The van der Waals surface area contributed by atoms with Crippen LogP contribution in [0.1, 0.15) is 15.9 Å². The molecule has 0 aliphatic carbocycles. The molecule has 0 atom stereocenters. The van der Waals surface area contributed by atoms with Crippen molar-refractivity contribution in [1.29, 1.82) is 0 Å². The molecule has 0 spiro atoms. The van der Waals surface area contributed by atoms with E-state index in [2.05, 4.69) is 15.6 Å². The number of carbonyl (C=O) groups excluding carboxylic acids is 1. The lowest BCUT2D eigenvalue weighted by Crippen LogP contribution is -2.40. The quantitative estimate of drug-likeness (QED) is 0.591. The first-order chi connectivity index (χ1) is 12.6. The fourth-order valence-electron chi connectivity index (χ4n) is 2.41. The number of benzene rings is 2. The molecule has 0 bridgehead atoms. The Morgan fingerprint density at radius 3 is 2.42 bits per heavy atom. The van der Waals surface area contributed by atoms with Crippen molar-refractivity contribution in [3.63, 3.8) is 0 Å². The summed E-state index contributed by atoms with van der Waals surface area (Å²) in [6.07, 6.45) is 0. The molecule has 0 saturated carbocycles. The Morgan fingerprint density at radius 1 is 1.12 bits per heavy atom. The van der Waals surface area contributed by atoms with E-state index in [0.29, 0.717) is 25.3 Å². The van der Waals surface area contributed by atoms with Crippen LogP contribution in [0.5, 0.6) is 5.75 Å². The molecule has 0 saturated heterocycles. The molecule has 6 heteroatoms. The summed E-state index contributed by atoms with van der Waals surface area (Å²) in [6.45, 7) is 1.91. The minimum absolute atomic E-state index is 0.0848. The fraction of sp³-hybridized carbons (Fsp3) is 0.300. The zero-order chi connectivity index (χ0) is 18.8. The smallest absolute Gasteiger partial charge is 0.251 e. The van der Waals surface area contributed by atoms with E-state index in [4.69, 9.17) is 4.74 Å². The van der Waals surface area contributed by atoms with Crippen LogP contribution in [0.4, 0.5) is 0 Å². The van der Waals surface area contributed by atoms with Crippen molar-refractivity contribution in [2.45, 2.75) is 6.54 Å². The molecule has 1 amide bonds. The average molecular weight is 354 g/mol. The van der Waals surface area contributed by atoms with Crippen LogP contribution in [-0.2, 0) is 6.54 Å². The summed E-state index contributed by atoms with van der Waals surface area (Å²) in [7, 11) is 5.35. The van der Waals surface area contributed by atoms with Gasteiger partial charge in [-0.1, -0.05) is 30.3 Å². The predicted octanol–water partition coefficient (Wildman–Crippen LogP) is 2.13. The first kappa shape index (κ1) is 19.3. The van der Waals surface area contributed by atoms with Gasteiger partial charge in [-0.3, -0.25) is 9.79 Å². The van der Waals surface area contributed by atoms with Crippen LogP contribution in [-0.4, -0.2) is 51.1 Å². The summed E-state index contributed by atoms with van der Waals surface area (Å²) < 4.78 is 5.72. The van der Waals surface area contributed by atoms with Gasteiger partial charge < -0.3 is 20.3 Å². The maximum atomic E-state index is 11.6. The highest BCUT2D eigenvalue weighted by Crippen LogP contribution is 2.08. The molecule has 6 nitrogen and oxygen atoms in total. The van der Waals surface area contributed by atoms with Crippen molar-refractivity contribution in [3.8, 4) is 5.75 Å². The summed E-state index contributed by atoms with van der Waals surface area (Å²) in [5, 5.41) is 5.93. The van der Waals surface area contributed by atoms with Gasteiger partial charge in [-0.2, -0.15) is 0 Å². The second kappa shape index (κ2) is 10.1. The molecule has 0 heterocycles. The largest absolute Gasteiger partial charge is 0.492 e. The van der Waals surface area contributed by atoms with Crippen molar-refractivity contribution in [2.75, 3.05) is 34.3 Å². The number of hydrogen-bond donors (Lipinski definition) is 2. The van der Waals surface area contributed by atoms with Crippen LogP contribution in [0.2, 0.25) is 0 Å². The summed E-state index contributed by atoms with van der Waals surface area (Å²) >= 11 is 0. The monoisotopic (exact) mass is 354 g/mol. The van der Waals surface area contributed by atoms with E-state index in [0.717, 1.165) is 17.3 Å². The lowest BCUT2D eigenvalue weighted by molar-refractivity contribution is 0.0963. The Labute approximate surface area is 154 Å². The molecule has 2 N–H and O–H groups in total. The van der Waals surface area contributed by atoms with Gasteiger partial charge in [0.25, 0.3) is 5.91 Å². The Balaban J connectivity index is 1.80. The van der Waals surface area contributed by atoms with Gasteiger partial charge in [-0.15, -0.1) is 0 Å². The number of likely N-dealkylation sites (N-methyl/N-ethyl adjacent to an activating group) is 1. The second-order valence-electron chi connectivity index (χ2n) is 5.76. The van der Waals surface area contributed by atoms with Gasteiger partial charge in [0.1, 0.15) is 12.4 Å². The van der Waals surface area contributed by atoms with E-state index in [-0.39, 0.29) is 5.91 Å². The van der Waals surface area contributed by atoms with E-state index < -0.39 is 0 Å². The van der Waals surface area contributed by atoms with E-state index in [9.17, 15) is 4.79 Å². The van der Waals surface area contributed by atoms with Crippen LogP contribution in [0, 0.1) is 0 Å². The third kappa shape index (κ3) is 5.81. The number of amides is 1. The van der Waals surface area contributed by atoms with Gasteiger partial charge >= 0.3 is 0 Å². The summed E-state index contributed by atoms with van der Waals surface area (Å²) in [6, 6.07) is 17.2. The number of aliphatic imine (C=N–C) groups is 1. The predicted molar refractivity (Wildman–Crippen MR) is 105 cm³/mol. The minimum atomic E-state index is -0.0848. The molecule has 2 aromatic carbocycles. The average Bonchev–Trinajstić information content (AvgIpc) is 2.69. The first-order valence-corrected chi connectivity index (χ1v) is 8.54. The normalized spacial score (nSPS) is 11.0. The third-order valence-electron chi connectivity index (χ3n) is 3.91. The number of para-hydroxylation sites is 1. The van der Waals surface area contributed by atoms with Crippen LogP contribution in [0.15, 0.2) is 59.6 Å². The SMILES string of the molecule is CN=C(NCc1ccc(C(=O)NC)cc1)N(C)CCOc1ccccc1. The molecule has 0 unspecified atom stereocenters. The van der Waals surface area contributed by atoms with E-state index in [1.807, 2.05) is 66.5 Å². The van der Waals surface area contributed by atoms with Crippen molar-refractivity contribution >= 4 is 11.9 Å². The van der Waals surface area contributed by atoms with Crippen LogP contribution in [0.25, 0.3) is 0 Å². The molecule has 0 aliphatic rings. The van der Waals surface area contributed by atoms with Gasteiger partial charge in [-0.25, -0.2) is 0 Å². The number of nitrogens with one attached hydrogen (secondary N) is 2. The van der Waals surface area contributed by atoms with E-state index >= 15 is 0 Å². The first-order valence-electron chi connectivity index (χ1n) is 8.54. The Morgan fingerprint density at radius 2 is 1.81 bits per heavy atom. The topological polar surface area (TPSA) is 66.0 Å². The Bertz CT molecular complexity index is 714. The molecule has 2 aromatic rings. The third-order valence-corrected chi connectivity index (χ3v) is 3.91. The van der Waals surface area contributed by atoms with Crippen molar-refractivity contribution in [1.82, 2.24) is 15.5 Å². The summed E-state index contributed by atoms with van der Waals surface area (Å²) in [5.41, 5.74) is 1.73. The van der Waals surface area contributed by atoms with E-state index in [1.54, 1.807) is 14.1 Å². The number of ether oxygens (including phenoxy) is 1. The minimum Gasteiger partial charge on any atom is -0.492 e. The van der Waals surface area contributed by atoms with Gasteiger partial charge in [0.2, 0.25) is 0 Å². The lowest BCUT2D eigenvalue weighted by atomic mass is 10.1. The molecule has 0 aromatic heterocycles. The molecule has 2 rings (SSSR count). The number of nitrogens with zero attached hydrogens (tertiary/aromatic N) is 2. The van der Waals surface area contributed by atoms with Crippen LogP contribution < -0.4 is 15.4 Å². The summed E-state index contributed by atoms with van der Waals surface area (Å²) in [4.78, 5) is 17.9. The molecule has 138 valence electrons. The molecule has 0 aliphatic heterocycles. The van der Waals surface area contributed by atoms with Crippen molar-refractivity contribution in [3.05, 3.63) is 65.7 Å². The van der Waals surface area contributed by atoms with Gasteiger partial charge in [0.15, 0.2) is 5.96 Å². The fourth-order valence-corrected chi connectivity index (χ4v) is 2.41. The molecular weight excluding hydrogens is 328 g/mol. The number of guanidine groups is 1. The number of carbonyl (C=O) groups is 1. The Kier molecular flexibility index (Phi) is 7.49. The molecule has 26 heavy (non-hydrogen) atoms. The Hall–Kier alpha value is -3.02. The van der Waals surface area contributed by atoms with Gasteiger partial charge in [0, 0.05) is 33.3 Å². The second-order valence-corrected chi connectivity index (χ2v) is 5.76. The highest BCUT2D eigenvalue weighted by molar-refractivity contribution is 5.93. The van der Waals surface area contributed by atoms with Gasteiger partial charge in [-0.05, 0) is 29.8 Å². The van der Waals surface area contributed by atoms with Crippen molar-refractivity contribution < 1.29 is 9.53 Å². The highest BCUT2D eigenvalue weighted by Gasteiger charge is 2.07. The molecular formula is C20H26N4O2. The zero-order valence-corrected chi connectivity index (χ0v) is 15.5. The van der Waals surface area contributed by atoms with Crippen LogP contribution in [0.3, 0.4) is 0 Å². The maximum Gasteiger partial charge on any atom is 0.251 e. The molecule has 0 fully saturated rings. The summed E-state index contributed by atoms with van der Waals surface area (Å²) in [5.74, 6) is 1.57. The van der Waals surface area contributed by atoms with E-state index in [1.165, 1.54) is 0 Å². The maximum absolute atomic E-state index is 11.6. The standard InChI is InChI=1S/C20H26N4O2/c1-21-19(25)17-11-9-16(10-12-17)15-23-20(22-2)24(3)13-14-26-18-7-5-4-6-8-18/h4-12H,13-15H2,1-3H3,(H,21,25)(H,22,23). The lowest BCUT2D eigenvalue weighted by Gasteiger charge is -2.22. The van der Waals surface area contributed by atoms with Crippen molar-refractivity contribution in [2.24, 2.45) is 4.99 Å². The number of hydrogen-bond acceptors (Lipinski definition) is 3. The molecule has 0 radical (unpaired) electrons. The highest BCUT2D eigenvalue weighted by atomic mass is 16.5. The van der Waals surface area contributed by atoms with Crippen LogP contribution >= 0.6 is 0 Å².